The van der Waals surface area contributed by atoms with Crippen molar-refractivity contribution in [3.05, 3.63) is 95.3 Å². The van der Waals surface area contributed by atoms with Crippen LogP contribution in [0.25, 0.3) is 0 Å². The number of nitrogens with one attached hydrogen (secondary N) is 1. The van der Waals surface area contributed by atoms with Gasteiger partial charge in [-0.25, -0.2) is 12.8 Å². The van der Waals surface area contributed by atoms with Crippen molar-refractivity contribution in [2.24, 2.45) is 5.92 Å². The largest absolute Gasteiger partial charge is 0.354 e. The number of amides is 2. The number of carbonyl (C=O) groups excluding carboxylic acids is 2. The Labute approximate surface area is 230 Å². The summed E-state index contributed by atoms with van der Waals surface area (Å²) in [5.74, 6) is -1.22. The van der Waals surface area contributed by atoms with Gasteiger partial charge >= 0.3 is 0 Å². The first kappa shape index (κ1) is 29.8. The third kappa shape index (κ3) is 7.66. The number of hydrogen-bond acceptors (Lipinski definition) is 4. The SMILES string of the molecule is Cc1ccc(N(CC(=O)N(Cc2ccccc2C)[C@@H](C)C(=O)NCC(C)C)S(=O)(=O)c2ccc(F)cc2)cc1. The fourth-order valence-corrected chi connectivity index (χ4v) is 5.39. The molecule has 0 unspecified atom stereocenters. The minimum absolute atomic E-state index is 0.125. The summed E-state index contributed by atoms with van der Waals surface area (Å²) in [5.41, 5.74) is 2.99. The van der Waals surface area contributed by atoms with E-state index >= 15 is 0 Å². The Kier molecular flexibility index (Phi) is 9.86. The summed E-state index contributed by atoms with van der Waals surface area (Å²) in [4.78, 5) is 28.2. The number of benzene rings is 3. The van der Waals surface area contributed by atoms with Gasteiger partial charge in [-0.1, -0.05) is 55.8 Å². The van der Waals surface area contributed by atoms with Crippen LogP contribution >= 0.6 is 0 Å². The van der Waals surface area contributed by atoms with E-state index in [-0.39, 0.29) is 29.0 Å². The minimum Gasteiger partial charge on any atom is -0.354 e. The molecule has 0 aliphatic rings. The molecule has 2 amide bonds. The van der Waals surface area contributed by atoms with Crippen LogP contribution in [-0.4, -0.2) is 44.3 Å². The molecule has 0 saturated carbocycles. The molecule has 0 heterocycles. The normalized spacial score (nSPS) is 12.2. The number of halogens is 1. The third-order valence-corrected chi connectivity index (χ3v) is 8.24. The summed E-state index contributed by atoms with van der Waals surface area (Å²) in [6.45, 7) is 9.40. The van der Waals surface area contributed by atoms with E-state index in [0.717, 1.165) is 33.1 Å². The van der Waals surface area contributed by atoms with E-state index in [0.29, 0.717) is 6.54 Å². The highest BCUT2D eigenvalue weighted by atomic mass is 32.2. The maximum absolute atomic E-state index is 13.9. The average Bonchev–Trinajstić information content (AvgIpc) is 2.90. The molecule has 9 heteroatoms. The Morgan fingerprint density at radius 3 is 2.10 bits per heavy atom. The number of rotatable bonds is 11. The van der Waals surface area contributed by atoms with Gasteiger partial charge in [0.1, 0.15) is 18.4 Å². The molecular weight excluding hydrogens is 517 g/mol. The fraction of sp³-hybridized carbons (Fsp3) is 0.333. The lowest BCUT2D eigenvalue weighted by atomic mass is 10.1. The molecule has 208 valence electrons. The predicted molar refractivity (Wildman–Crippen MR) is 151 cm³/mol. The zero-order valence-electron chi connectivity index (χ0n) is 23.0. The monoisotopic (exact) mass is 553 g/mol. The van der Waals surface area contributed by atoms with E-state index in [2.05, 4.69) is 5.32 Å². The number of anilines is 1. The molecule has 0 saturated heterocycles. The lowest BCUT2D eigenvalue weighted by Crippen LogP contribution is -2.51. The van der Waals surface area contributed by atoms with Crippen LogP contribution in [0.4, 0.5) is 10.1 Å². The van der Waals surface area contributed by atoms with E-state index in [1.807, 2.05) is 52.0 Å². The van der Waals surface area contributed by atoms with Gasteiger partial charge in [0.25, 0.3) is 10.0 Å². The highest BCUT2D eigenvalue weighted by molar-refractivity contribution is 7.92. The van der Waals surface area contributed by atoms with Crippen LogP contribution in [0.2, 0.25) is 0 Å². The van der Waals surface area contributed by atoms with E-state index < -0.39 is 34.3 Å². The molecule has 39 heavy (non-hydrogen) atoms. The molecule has 0 aliphatic heterocycles. The molecule has 3 aromatic rings. The highest BCUT2D eigenvalue weighted by Gasteiger charge is 2.32. The second-order valence-corrected chi connectivity index (χ2v) is 11.9. The molecule has 1 N–H and O–H groups in total. The Bertz CT molecular complexity index is 1390. The first-order chi connectivity index (χ1) is 18.4. The standard InChI is InChI=1S/C30H36FN3O4S/c1-21(2)18-32-30(36)24(5)33(19-25-9-7-6-8-23(25)4)29(35)20-34(27-14-10-22(3)11-15-27)39(37,38)28-16-12-26(31)13-17-28/h6-17,21,24H,18-20H2,1-5H3,(H,32,36)/t24-/m0/s1. The van der Waals surface area contributed by atoms with Crippen LogP contribution in [-0.2, 0) is 26.2 Å². The molecule has 0 aliphatic carbocycles. The topological polar surface area (TPSA) is 86.8 Å². The van der Waals surface area contributed by atoms with Gasteiger partial charge in [-0.2, -0.15) is 0 Å². The summed E-state index contributed by atoms with van der Waals surface area (Å²) < 4.78 is 42.0. The van der Waals surface area contributed by atoms with E-state index in [4.69, 9.17) is 0 Å². The first-order valence-electron chi connectivity index (χ1n) is 12.9. The van der Waals surface area contributed by atoms with Crippen LogP contribution in [0, 0.1) is 25.6 Å². The highest BCUT2D eigenvalue weighted by Crippen LogP contribution is 2.25. The van der Waals surface area contributed by atoms with Crippen LogP contribution < -0.4 is 9.62 Å². The molecule has 1 atom stereocenters. The maximum Gasteiger partial charge on any atom is 0.264 e. The van der Waals surface area contributed by atoms with Crippen molar-refractivity contribution in [2.75, 3.05) is 17.4 Å². The molecule has 3 aromatic carbocycles. The summed E-state index contributed by atoms with van der Waals surface area (Å²) in [6, 6.07) is 17.9. The maximum atomic E-state index is 13.9. The Morgan fingerprint density at radius 1 is 0.897 bits per heavy atom. The number of hydrogen-bond donors (Lipinski definition) is 1. The zero-order chi connectivity index (χ0) is 28.7. The lowest BCUT2D eigenvalue weighted by Gasteiger charge is -2.32. The molecule has 7 nitrogen and oxygen atoms in total. The van der Waals surface area contributed by atoms with Gasteiger partial charge in [-0.3, -0.25) is 13.9 Å². The zero-order valence-corrected chi connectivity index (χ0v) is 23.8. The number of aryl methyl sites for hydroxylation is 2. The Morgan fingerprint density at radius 2 is 1.51 bits per heavy atom. The van der Waals surface area contributed by atoms with Crippen LogP contribution in [0.1, 0.15) is 37.5 Å². The van der Waals surface area contributed by atoms with Gasteiger partial charge < -0.3 is 10.2 Å². The molecular formula is C30H36FN3O4S. The van der Waals surface area contributed by atoms with Crippen molar-refractivity contribution in [3.8, 4) is 0 Å². The van der Waals surface area contributed by atoms with Gasteiger partial charge in [-0.05, 0) is 74.2 Å². The molecule has 0 aromatic heterocycles. The second-order valence-electron chi connectivity index (χ2n) is 10.1. The molecule has 0 fully saturated rings. The van der Waals surface area contributed by atoms with E-state index in [1.54, 1.807) is 31.2 Å². The second kappa shape index (κ2) is 12.9. The summed E-state index contributed by atoms with van der Waals surface area (Å²) in [5, 5.41) is 2.87. The predicted octanol–water partition coefficient (Wildman–Crippen LogP) is 4.83. The van der Waals surface area contributed by atoms with Gasteiger partial charge in [0, 0.05) is 13.1 Å². The van der Waals surface area contributed by atoms with Crippen molar-refractivity contribution in [2.45, 2.75) is 52.1 Å². The van der Waals surface area contributed by atoms with Crippen LogP contribution in [0.5, 0.6) is 0 Å². The quantitative estimate of drug-likeness (QED) is 0.369. The van der Waals surface area contributed by atoms with Crippen molar-refractivity contribution in [1.82, 2.24) is 10.2 Å². The van der Waals surface area contributed by atoms with Crippen molar-refractivity contribution in [1.29, 1.82) is 0 Å². The van der Waals surface area contributed by atoms with Gasteiger partial charge in [-0.15, -0.1) is 0 Å². The van der Waals surface area contributed by atoms with E-state index in [9.17, 15) is 22.4 Å². The average molecular weight is 554 g/mol. The van der Waals surface area contributed by atoms with E-state index in [1.165, 1.54) is 17.0 Å². The fourth-order valence-electron chi connectivity index (χ4n) is 3.98. The summed E-state index contributed by atoms with van der Waals surface area (Å²) >= 11 is 0. The number of carbonyl (C=O) groups is 2. The van der Waals surface area contributed by atoms with Crippen molar-refractivity contribution in [3.63, 3.8) is 0 Å². The molecule has 3 rings (SSSR count). The van der Waals surface area contributed by atoms with Crippen LogP contribution in [0.3, 0.4) is 0 Å². The molecule has 0 bridgehead atoms. The third-order valence-electron chi connectivity index (χ3n) is 6.46. The smallest absolute Gasteiger partial charge is 0.264 e. The first-order valence-corrected chi connectivity index (χ1v) is 14.3. The van der Waals surface area contributed by atoms with Gasteiger partial charge in [0.05, 0.1) is 10.6 Å². The molecule has 0 radical (unpaired) electrons. The Hall–Kier alpha value is -3.72. The minimum atomic E-state index is -4.24. The van der Waals surface area contributed by atoms with Gasteiger partial charge in [0.2, 0.25) is 11.8 Å². The number of sulfonamides is 1. The Balaban J connectivity index is 2.01. The van der Waals surface area contributed by atoms with Crippen molar-refractivity contribution < 1.29 is 22.4 Å². The van der Waals surface area contributed by atoms with Crippen molar-refractivity contribution >= 4 is 27.5 Å². The summed E-state index contributed by atoms with van der Waals surface area (Å²) in [7, 11) is -4.24. The van der Waals surface area contributed by atoms with Crippen LogP contribution in [0.15, 0.2) is 77.7 Å². The summed E-state index contributed by atoms with van der Waals surface area (Å²) in [6.07, 6.45) is 0. The van der Waals surface area contributed by atoms with Gasteiger partial charge in [0.15, 0.2) is 0 Å². The lowest BCUT2D eigenvalue weighted by molar-refractivity contribution is -0.139. The number of nitrogens with zero attached hydrogens (tertiary/aromatic N) is 2. The molecule has 0 spiro atoms.